The monoisotopic (exact) mass is 466 g/mol. The van der Waals surface area contributed by atoms with Crippen molar-refractivity contribution in [2.24, 2.45) is 11.8 Å². The van der Waals surface area contributed by atoms with Crippen molar-refractivity contribution in [2.45, 2.75) is 43.5 Å². The van der Waals surface area contributed by atoms with Gasteiger partial charge in [0.15, 0.2) is 11.6 Å². The highest BCUT2D eigenvalue weighted by atomic mass is 19.3. The Morgan fingerprint density at radius 3 is 2.52 bits per heavy atom. The summed E-state index contributed by atoms with van der Waals surface area (Å²) in [5, 5.41) is 29.8. The van der Waals surface area contributed by atoms with Gasteiger partial charge in [-0.25, -0.2) is 13.6 Å². The molecule has 5 atom stereocenters. The van der Waals surface area contributed by atoms with Gasteiger partial charge in [0.05, 0.1) is 11.7 Å². The van der Waals surface area contributed by atoms with Crippen molar-refractivity contribution in [1.82, 2.24) is 0 Å². The van der Waals surface area contributed by atoms with Crippen molar-refractivity contribution in [1.29, 1.82) is 0 Å². The highest BCUT2D eigenvalue weighted by molar-refractivity contribution is 5.88. The van der Waals surface area contributed by atoms with Gasteiger partial charge in [0.1, 0.15) is 18.0 Å². The van der Waals surface area contributed by atoms with E-state index in [1.165, 1.54) is 18.2 Å². The van der Waals surface area contributed by atoms with E-state index in [2.05, 4.69) is 0 Å². The van der Waals surface area contributed by atoms with Crippen molar-refractivity contribution in [3.63, 3.8) is 0 Å². The number of halogens is 4. The van der Waals surface area contributed by atoms with Crippen LogP contribution in [0, 0.1) is 23.5 Å². The summed E-state index contributed by atoms with van der Waals surface area (Å²) in [4.78, 5) is 11.2. The number of ether oxygens (including phenoxy) is 1. The van der Waals surface area contributed by atoms with Crippen molar-refractivity contribution in [3.05, 3.63) is 76.9 Å². The van der Waals surface area contributed by atoms with Gasteiger partial charge in [-0.15, -0.1) is 0 Å². The maximum atomic E-state index is 14.7. The van der Waals surface area contributed by atoms with Gasteiger partial charge in [-0.05, 0) is 36.6 Å². The molecule has 2 aromatic carbocycles. The maximum absolute atomic E-state index is 14.7. The Hall–Kier alpha value is -2.91. The third kappa shape index (κ3) is 4.35. The van der Waals surface area contributed by atoms with E-state index in [4.69, 9.17) is 9.84 Å². The van der Waals surface area contributed by atoms with Gasteiger partial charge < -0.3 is 20.1 Å². The van der Waals surface area contributed by atoms with Crippen LogP contribution >= 0.6 is 0 Å². The Kier molecular flexibility index (Phi) is 6.20. The van der Waals surface area contributed by atoms with Crippen LogP contribution in [0.3, 0.4) is 0 Å². The van der Waals surface area contributed by atoms with Gasteiger partial charge in [0.2, 0.25) is 0 Å². The lowest BCUT2D eigenvalue weighted by molar-refractivity contribution is -0.0930. The van der Waals surface area contributed by atoms with Crippen molar-refractivity contribution in [3.8, 4) is 5.75 Å². The molecular formula is C24H22F4O5. The molecule has 33 heavy (non-hydrogen) atoms. The van der Waals surface area contributed by atoms with Crippen LogP contribution in [-0.2, 0) is 12.3 Å². The van der Waals surface area contributed by atoms with E-state index < -0.39 is 58.9 Å². The van der Waals surface area contributed by atoms with Gasteiger partial charge >= 0.3 is 11.9 Å². The topological polar surface area (TPSA) is 87.0 Å². The third-order valence-corrected chi connectivity index (χ3v) is 6.43. The van der Waals surface area contributed by atoms with E-state index in [1.54, 1.807) is 0 Å². The molecule has 1 aliphatic carbocycles. The number of hydrogen-bond donors (Lipinski definition) is 3. The van der Waals surface area contributed by atoms with E-state index in [9.17, 15) is 32.6 Å². The highest BCUT2D eigenvalue weighted by Gasteiger charge is 2.45. The number of carboxylic acid groups (broad SMARTS) is 1. The first kappa shape index (κ1) is 23.3. The zero-order valence-electron chi connectivity index (χ0n) is 17.3. The molecule has 1 saturated carbocycles. The van der Waals surface area contributed by atoms with Gasteiger partial charge in [0, 0.05) is 23.8 Å². The molecule has 0 amide bonds. The molecule has 1 heterocycles. The lowest BCUT2D eigenvalue weighted by Gasteiger charge is -2.23. The number of aliphatic hydroxyl groups is 2. The quantitative estimate of drug-likeness (QED) is 0.457. The summed E-state index contributed by atoms with van der Waals surface area (Å²) in [6.45, 7) is 0. The molecule has 1 unspecified atom stereocenters. The predicted octanol–water partition coefficient (Wildman–Crippen LogP) is 4.06. The van der Waals surface area contributed by atoms with Crippen LogP contribution in [0.15, 0.2) is 48.6 Å². The molecule has 0 aromatic heterocycles. The molecule has 4 rings (SSSR count). The Morgan fingerprint density at radius 2 is 1.85 bits per heavy atom. The largest absolute Gasteiger partial charge is 0.487 e. The van der Waals surface area contributed by atoms with Crippen molar-refractivity contribution in [2.75, 3.05) is 0 Å². The summed E-state index contributed by atoms with van der Waals surface area (Å²) in [5.74, 6) is -7.93. The molecule has 0 bridgehead atoms. The van der Waals surface area contributed by atoms with Crippen LogP contribution in [0.1, 0.15) is 34.3 Å². The van der Waals surface area contributed by atoms with Gasteiger partial charge in [-0.2, -0.15) is 8.78 Å². The van der Waals surface area contributed by atoms with Gasteiger partial charge in [-0.1, -0.05) is 30.4 Å². The zero-order chi connectivity index (χ0) is 23.9. The van der Waals surface area contributed by atoms with Gasteiger partial charge in [-0.3, -0.25) is 0 Å². The minimum absolute atomic E-state index is 0.0975. The number of aryl methyl sites for hydroxylation is 1. The standard InChI is InChI=1S/C24H22F4O5/c25-14-5-3-13(4-6-14)24(27,28)20(30)10-9-15-16-7-1-12-2-8-17(23(31)32)21(26)22(12)33-19(16)11-18(15)29/h2-6,8-10,15-16,18-20,29-30H,1,7,11H2,(H,31,32)/b10-9+/t15-,16-,18-,19+,20?/m1/s1. The number of fused-ring (bicyclic) bond motifs is 2. The number of aromatic carboxylic acids is 1. The van der Waals surface area contributed by atoms with Crippen LogP contribution in [0.25, 0.3) is 0 Å². The molecule has 0 radical (unpaired) electrons. The second kappa shape index (κ2) is 8.79. The molecule has 176 valence electrons. The van der Waals surface area contributed by atoms with E-state index in [0.717, 1.165) is 30.3 Å². The highest BCUT2D eigenvalue weighted by Crippen LogP contribution is 2.44. The molecule has 0 spiro atoms. The van der Waals surface area contributed by atoms with E-state index in [0.29, 0.717) is 18.4 Å². The molecule has 1 aliphatic heterocycles. The minimum atomic E-state index is -3.68. The van der Waals surface area contributed by atoms with E-state index in [1.807, 2.05) is 0 Å². The Balaban J connectivity index is 1.53. The fourth-order valence-corrected chi connectivity index (χ4v) is 4.64. The fraction of sp³-hybridized carbons (Fsp3) is 0.375. The first-order valence-corrected chi connectivity index (χ1v) is 10.5. The predicted molar refractivity (Wildman–Crippen MR) is 109 cm³/mol. The first-order chi connectivity index (χ1) is 15.6. The smallest absolute Gasteiger partial charge is 0.338 e. The number of carbonyl (C=O) groups is 1. The number of rotatable bonds is 5. The molecule has 9 heteroatoms. The number of hydrogen-bond acceptors (Lipinski definition) is 4. The molecule has 5 nitrogen and oxygen atoms in total. The first-order valence-electron chi connectivity index (χ1n) is 10.5. The molecule has 1 fully saturated rings. The second-order valence-electron chi connectivity index (χ2n) is 8.42. The summed E-state index contributed by atoms with van der Waals surface area (Å²) < 4.78 is 62.7. The molecular weight excluding hydrogens is 444 g/mol. The lowest BCUT2D eigenvalue weighted by Crippen LogP contribution is -2.30. The van der Waals surface area contributed by atoms with E-state index in [-0.39, 0.29) is 18.1 Å². The SMILES string of the molecule is O=C(O)c1ccc2c(c1F)O[C@H]1C[C@@H](O)[C@H](/C=C/C(O)C(F)(F)c3ccc(F)cc3)[C@H]1CC2. The van der Waals surface area contributed by atoms with Crippen LogP contribution in [0.4, 0.5) is 17.6 Å². The summed E-state index contributed by atoms with van der Waals surface area (Å²) in [7, 11) is 0. The molecule has 2 aliphatic rings. The Morgan fingerprint density at radius 1 is 1.15 bits per heavy atom. The van der Waals surface area contributed by atoms with Crippen LogP contribution in [0.2, 0.25) is 0 Å². The summed E-state index contributed by atoms with van der Waals surface area (Å²) >= 11 is 0. The molecule has 0 saturated heterocycles. The third-order valence-electron chi connectivity index (χ3n) is 6.43. The van der Waals surface area contributed by atoms with Crippen LogP contribution < -0.4 is 4.74 Å². The number of alkyl halides is 2. The van der Waals surface area contributed by atoms with Crippen molar-refractivity contribution >= 4 is 5.97 Å². The minimum Gasteiger partial charge on any atom is -0.487 e. The fourth-order valence-electron chi connectivity index (χ4n) is 4.64. The molecule has 3 N–H and O–H groups in total. The zero-order valence-corrected chi connectivity index (χ0v) is 17.3. The normalized spacial score (nSPS) is 25.8. The lowest BCUT2D eigenvalue weighted by atomic mass is 9.87. The number of benzene rings is 2. The van der Waals surface area contributed by atoms with Crippen molar-refractivity contribution < 1.29 is 42.4 Å². The molecule has 2 aromatic rings. The Bertz CT molecular complexity index is 1070. The summed E-state index contributed by atoms with van der Waals surface area (Å²) in [5.41, 5.74) is -0.579. The van der Waals surface area contributed by atoms with Gasteiger partial charge in [0.25, 0.3) is 0 Å². The Labute approximate surface area is 186 Å². The van der Waals surface area contributed by atoms with E-state index >= 15 is 0 Å². The summed E-state index contributed by atoms with van der Waals surface area (Å²) in [6.07, 6.45) is -0.733. The number of aliphatic hydroxyl groups excluding tert-OH is 2. The maximum Gasteiger partial charge on any atom is 0.338 e. The average molecular weight is 466 g/mol. The van der Waals surface area contributed by atoms with Crippen LogP contribution in [0.5, 0.6) is 5.75 Å². The summed E-state index contributed by atoms with van der Waals surface area (Å²) in [6, 6.07) is 6.19. The second-order valence-corrected chi connectivity index (χ2v) is 8.42. The number of carboxylic acids is 1. The van der Waals surface area contributed by atoms with Crippen LogP contribution in [-0.4, -0.2) is 39.6 Å². The average Bonchev–Trinajstić information content (AvgIpc) is 2.93.